The SMILES string of the molecule is CC(=O)Oc1ccc(Oc2ccc(C(=O)Cl)cc2)cc1F. The van der Waals surface area contributed by atoms with E-state index >= 15 is 0 Å². The summed E-state index contributed by atoms with van der Waals surface area (Å²) in [7, 11) is 0. The summed E-state index contributed by atoms with van der Waals surface area (Å²) < 4.78 is 23.8. The van der Waals surface area contributed by atoms with Crippen LogP contribution in [0.3, 0.4) is 0 Å². The largest absolute Gasteiger partial charge is 0.457 e. The van der Waals surface area contributed by atoms with E-state index in [9.17, 15) is 14.0 Å². The van der Waals surface area contributed by atoms with Crippen molar-refractivity contribution < 1.29 is 23.5 Å². The van der Waals surface area contributed by atoms with E-state index in [1.165, 1.54) is 43.3 Å². The van der Waals surface area contributed by atoms with Crippen LogP contribution in [-0.4, -0.2) is 11.2 Å². The molecule has 0 saturated heterocycles. The van der Waals surface area contributed by atoms with Gasteiger partial charge in [0.2, 0.25) is 0 Å². The third-order valence-electron chi connectivity index (χ3n) is 2.47. The van der Waals surface area contributed by atoms with Gasteiger partial charge in [0.25, 0.3) is 5.24 Å². The van der Waals surface area contributed by atoms with E-state index in [2.05, 4.69) is 4.74 Å². The van der Waals surface area contributed by atoms with Gasteiger partial charge in [0.05, 0.1) is 0 Å². The summed E-state index contributed by atoms with van der Waals surface area (Å²) >= 11 is 5.32. The average Bonchev–Trinajstić information content (AvgIpc) is 2.42. The van der Waals surface area contributed by atoms with Gasteiger partial charge in [-0.1, -0.05) is 0 Å². The first-order valence-corrected chi connectivity index (χ1v) is 6.29. The number of rotatable bonds is 4. The molecule has 0 unspecified atom stereocenters. The molecular formula is C15H10ClFO4. The van der Waals surface area contributed by atoms with Crippen molar-refractivity contribution in [1.82, 2.24) is 0 Å². The van der Waals surface area contributed by atoms with Gasteiger partial charge in [-0.15, -0.1) is 0 Å². The summed E-state index contributed by atoms with van der Waals surface area (Å²) in [5.74, 6) is -0.846. The lowest BCUT2D eigenvalue weighted by Gasteiger charge is -2.08. The Balaban J connectivity index is 2.14. The highest BCUT2D eigenvalue weighted by molar-refractivity contribution is 6.67. The van der Waals surface area contributed by atoms with Crippen molar-refractivity contribution >= 4 is 22.8 Å². The van der Waals surface area contributed by atoms with Gasteiger partial charge in [-0.25, -0.2) is 4.39 Å². The lowest BCUT2D eigenvalue weighted by Crippen LogP contribution is -2.03. The smallest absolute Gasteiger partial charge is 0.308 e. The van der Waals surface area contributed by atoms with Gasteiger partial charge in [0, 0.05) is 18.6 Å². The third kappa shape index (κ3) is 4.03. The second-order valence-electron chi connectivity index (χ2n) is 4.09. The molecule has 0 amide bonds. The minimum atomic E-state index is -0.713. The Morgan fingerprint density at radius 3 is 2.19 bits per heavy atom. The Hall–Kier alpha value is -2.40. The van der Waals surface area contributed by atoms with Gasteiger partial charge in [-0.2, -0.15) is 0 Å². The van der Waals surface area contributed by atoms with Crippen LogP contribution < -0.4 is 9.47 Å². The molecule has 0 atom stereocenters. The number of ether oxygens (including phenoxy) is 2. The lowest BCUT2D eigenvalue weighted by molar-refractivity contribution is -0.132. The molecule has 4 nitrogen and oxygen atoms in total. The Morgan fingerprint density at radius 1 is 1.05 bits per heavy atom. The highest BCUT2D eigenvalue weighted by Gasteiger charge is 2.09. The van der Waals surface area contributed by atoms with E-state index in [-0.39, 0.29) is 11.5 Å². The fourth-order valence-electron chi connectivity index (χ4n) is 1.57. The summed E-state index contributed by atoms with van der Waals surface area (Å²) in [6.45, 7) is 1.18. The van der Waals surface area contributed by atoms with E-state index in [0.717, 1.165) is 6.07 Å². The van der Waals surface area contributed by atoms with Crippen LogP contribution in [0.4, 0.5) is 4.39 Å². The average molecular weight is 309 g/mol. The standard InChI is InChI=1S/C15H10ClFO4/c1-9(18)20-14-7-6-12(8-13(14)17)21-11-4-2-10(3-5-11)15(16)19/h2-8H,1H3. The van der Waals surface area contributed by atoms with E-state index in [1.807, 2.05) is 0 Å². The third-order valence-corrected chi connectivity index (χ3v) is 2.69. The summed E-state index contributed by atoms with van der Waals surface area (Å²) in [4.78, 5) is 21.7. The van der Waals surface area contributed by atoms with E-state index in [1.54, 1.807) is 0 Å². The maximum absolute atomic E-state index is 13.7. The van der Waals surface area contributed by atoms with Gasteiger partial charge in [0.15, 0.2) is 11.6 Å². The van der Waals surface area contributed by atoms with Crippen molar-refractivity contribution in [1.29, 1.82) is 0 Å². The van der Waals surface area contributed by atoms with Crippen molar-refractivity contribution in [2.45, 2.75) is 6.92 Å². The predicted octanol–water partition coefficient (Wildman–Crippen LogP) is 3.92. The first-order chi connectivity index (χ1) is 9.95. The zero-order valence-corrected chi connectivity index (χ0v) is 11.7. The first kappa shape index (κ1) is 15.0. The van der Waals surface area contributed by atoms with Gasteiger partial charge < -0.3 is 9.47 Å². The van der Waals surface area contributed by atoms with E-state index in [0.29, 0.717) is 11.3 Å². The number of halogens is 2. The van der Waals surface area contributed by atoms with Gasteiger partial charge in [-0.05, 0) is 48.0 Å². The summed E-state index contributed by atoms with van der Waals surface area (Å²) in [5, 5.41) is -0.571. The van der Waals surface area contributed by atoms with Crippen LogP contribution >= 0.6 is 11.6 Å². The number of benzene rings is 2. The van der Waals surface area contributed by atoms with Crippen molar-refractivity contribution in [3.63, 3.8) is 0 Å². The second kappa shape index (κ2) is 6.37. The van der Waals surface area contributed by atoms with E-state index in [4.69, 9.17) is 16.3 Å². The Morgan fingerprint density at radius 2 is 1.67 bits per heavy atom. The maximum Gasteiger partial charge on any atom is 0.308 e. The molecule has 0 bridgehead atoms. The Kier molecular flexibility index (Phi) is 4.55. The highest BCUT2D eigenvalue weighted by atomic mass is 35.5. The number of esters is 1. The minimum absolute atomic E-state index is 0.169. The summed E-state index contributed by atoms with van der Waals surface area (Å²) in [6.07, 6.45) is 0. The molecule has 2 aromatic carbocycles. The molecule has 6 heteroatoms. The molecule has 0 aliphatic heterocycles. The van der Waals surface area contributed by atoms with Crippen molar-refractivity contribution in [2.75, 3.05) is 0 Å². The fraction of sp³-hybridized carbons (Fsp3) is 0.0667. The normalized spacial score (nSPS) is 10.0. The molecule has 0 spiro atoms. The zero-order chi connectivity index (χ0) is 15.4. The molecule has 0 N–H and O–H groups in total. The van der Waals surface area contributed by atoms with Crippen LogP contribution in [0.5, 0.6) is 17.2 Å². The highest BCUT2D eigenvalue weighted by Crippen LogP contribution is 2.27. The molecule has 2 rings (SSSR count). The van der Waals surface area contributed by atoms with Gasteiger partial charge in [0.1, 0.15) is 11.5 Å². The van der Waals surface area contributed by atoms with Crippen LogP contribution in [0.25, 0.3) is 0 Å². The molecule has 0 heterocycles. The van der Waals surface area contributed by atoms with Gasteiger partial charge >= 0.3 is 5.97 Å². The number of carbonyl (C=O) groups is 2. The topological polar surface area (TPSA) is 52.6 Å². The monoisotopic (exact) mass is 308 g/mol. The molecule has 0 aliphatic rings. The summed E-state index contributed by atoms with van der Waals surface area (Å²) in [5.41, 5.74) is 0.334. The summed E-state index contributed by atoms with van der Waals surface area (Å²) in [6, 6.07) is 9.91. The number of carbonyl (C=O) groups excluding carboxylic acids is 2. The molecule has 0 radical (unpaired) electrons. The maximum atomic E-state index is 13.7. The van der Waals surface area contributed by atoms with Crippen LogP contribution in [0, 0.1) is 5.82 Å². The zero-order valence-electron chi connectivity index (χ0n) is 10.9. The Bertz CT molecular complexity index is 683. The number of hydrogen-bond donors (Lipinski definition) is 0. The predicted molar refractivity (Wildman–Crippen MR) is 74.4 cm³/mol. The molecule has 2 aromatic rings. The van der Waals surface area contributed by atoms with Gasteiger partial charge in [-0.3, -0.25) is 9.59 Å². The van der Waals surface area contributed by atoms with Crippen LogP contribution in [-0.2, 0) is 4.79 Å². The Labute approximate surface area is 125 Å². The second-order valence-corrected chi connectivity index (χ2v) is 4.43. The molecule has 108 valence electrons. The van der Waals surface area contributed by atoms with Crippen LogP contribution in [0.15, 0.2) is 42.5 Å². The lowest BCUT2D eigenvalue weighted by atomic mass is 10.2. The molecule has 0 aliphatic carbocycles. The number of hydrogen-bond acceptors (Lipinski definition) is 4. The molecular weight excluding hydrogens is 299 g/mol. The molecule has 0 aromatic heterocycles. The van der Waals surface area contributed by atoms with E-state index < -0.39 is 17.0 Å². The van der Waals surface area contributed by atoms with Crippen LogP contribution in [0.1, 0.15) is 17.3 Å². The van der Waals surface area contributed by atoms with Crippen molar-refractivity contribution in [3.05, 3.63) is 53.8 Å². The quantitative estimate of drug-likeness (QED) is 0.488. The molecule has 0 saturated carbocycles. The molecule has 0 fully saturated rings. The van der Waals surface area contributed by atoms with Crippen LogP contribution in [0.2, 0.25) is 0 Å². The minimum Gasteiger partial charge on any atom is -0.457 e. The van der Waals surface area contributed by atoms with Crippen molar-refractivity contribution in [3.8, 4) is 17.2 Å². The van der Waals surface area contributed by atoms with Crippen molar-refractivity contribution in [2.24, 2.45) is 0 Å². The fourth-order valence-corrected chi connectivity index (χ4v) is 1.70. The molecule has 21 heavy (non-hydrogen) atoms. The first-order valence-electron chi connectivity index (χ1n) is 5.91.